The van der Waals surface area contributed by atoms with Gasteiger partial charge in [-0.25, -0.2) is 14.8 Å². The molecule has 8 heteroatoms. The molecule has 2 aromatic rings. The smallest absolute Gasteiger partial charge is 0.315 e. The number of imidazole rings is 1. The summed E-state index contributed by atoms with van der Waals surface area (Å²) in [5, 5.41) is 6.28. The Labute approximate surface area is 145 Å². The van der Waals surface area contributed by atoms with Crippen LogP contribution in [-0.4, -0.2) is 39.8 Å². The number of hydrogen-bond donors (Lipinski definition) is 2. The monoisotopic (exact) mass is 349 g/mol. The molecule has 7 nitrogen and oxygen atoms in total. The second-order valence-electron chi connectivity index (χ2n) is 5.65. The van der Waals surface area contributed by atoms with Crippen molar-refractivity contribution in [3.8, 4) is 5.88 Å². The number of halogens is 1. The zero-order valence-corrected chi connectivity index (χ0v) is 13.9. The lowest BCUT2D eigenvalue weighted by molar-refractivity contribution is 0.229. The normalized spacial score (nSPS) is 19.9. The maximum atomic E-state index is 12.0. The van der Waals surface area contributed by atoms with Crippen molar-refractivity contribution < 1.29 is 9.53 Å². The van der Waals surface area contributed by atoms with Crippen LogP contribution in [0.4, 0.5) is 4.79 Å². The van der Waals surface area contributed by atoms with Gasteiger partial charge in [0.2, 0.25) is 5.88 Å². The van der Waals surface area contributed by atoms with Gasteiger partial charge in [-0.1, -0.05) is 11.6 Å². The van der Waals surface area contributed by atoms with Gasteiger partial charge in [0.15, 0.2) is 0 Å². The maximum Gasteiger partial charge on any atom is 0.315 e. The second kappa shape index (κ2) is 8.01. The van der Waals surface area contributed by atoms with Crippen LogP contribution in [0.25, 0.3) is 0 Å². The zero-order chi connectivity index (χ0) is 16.8. The molecule has 1 aliphatic carbocycles. The van der Waals surface area contributed by atoms with E-state index in [1.807, 2.05) is 6.20 Å². The lowest BCUT2D eigenvalue weighted by Crippen LogP contribution is -2.45. The number of rotatable bonds is 6. The predicted octanol–water partition coefficient (Wildman–Crippen LogP) is 2.40. The van der Waals surface area contributed by atoms with E-state index in [0.29, 0.717) is 24.1 Å². The fourth-order valence-corrected chi connectivity index (χ4v) is 3.12. The van der Waals surface area contributed by atoms with Crippen molar-refractivity contribution in [1.29, 1.82) is 0 Å². The fraction of sp³-hybridized carbons (Fsp3) is 0.438. The lowest BCUT2D eigenvalue weighted by atomic mass is 10.2. The highest BCUT2D eigenvalue weighted by molar-refractivity contribution is 6.31. The highest BCUT2D eigenvalue weighted by Crippen LogP contribution is 2.29. The number of urea groups is 1. The van der Waals surface area contributed by atoms with E-state index in [1.165, 1.54) is 0 Å². The Kier molecular flexibility index (Phi) is 5.53. The van der Waals surface area contributed by atoms with Gasteiger partial charge >= 0.3 is 6.03 Å². The Hall–Kier alpha value is -2.28. The number of nitrogens with one attached hydrogen (secondary N) is 2. The Morgan fingerprint density at radius 1 is 1.42 bits per heavy atom. The number of nitrogens with zero attached hydrogens (tertiary/aromatic N) is 3. The Morgan fingerprint density at radius 2 is 2.33 bits per heavy atom. The van der Waals surface area contributed by atoms with Crippen LogP contribution < -0.4 is 15.4 Å². The van der Waals surface area contributed by atoms with E-state index in [4.69, 9.17) is 16.3 Å². The first-order valence-corrected chi connectivity index (χ1v) is 8.37. The van der Waals surface area contributed by atoms with E-state index in [9.17, 15) is 4.79 Å². The third-order valence-corrected chi connectivity index (χ3v) is 4.34. The molecular weight excluding hydrogens is 330 g/mol. The summed E-state index contributed by atoms with van der Waals surface area (Å²) in [7, 11) is 0. The predicted molar refractivity (Wildman–Crippen MR) is 90.2 cm³/mol. The first-order valence-electron chi connectivity index (χ1n) is 7.99. The summed E-state index contributed by atoms with van der Waals surface area (Å²) >= 11 is 5.95. The lowest BCUT2D eigenvalue weighted by Gasteiger charge is -2.22. The first-order chi connectivity index (χ1) is 11.7. The molecule has 0 saturated heterocycles. The van der Waals surface area contributed by atoms with Gasteiger partial charge in [0, 0.05) is 18.6 Å². The average molecular weight is 350 g/mol. The van der Waals surface area contributed by atoms with Crippen molar-refractivity contribution in [2.45, 2.75) is 31.3 Å². The number of carbonyl (C=O) groups excluding carboxylic acids is 1. The van der Waals surface area contributed by atoms with Crippen LogP contribution in [-0.2, 0) is 0 Å². The van der Waals surface area contributed by atoms with Crippen LogP contribution in [0, 0.1) is 0 Å². The van der Waals surface area contributed by atoms with E-state index in [-0.39, 0.29) is 18.1 Å². The van der Waals surface area contributed by atoms with Gasteiger partial charge < -0.3 is 19.9 Å². The quantitative estimate of drug-likeness (QED) is 0.785. The molecule has 0 spiro atoms. The first kappa shape index (κ1) is 16.6. The standard InChI is InChI=1S/C16H20ClN5O2/c17-12-3-2-6-19-15(12)24-10-8-20-16(23)21-13-4-1-5-14(13)22-9-7-18-11-22/h2-3,6-7,9,11,13-14H,1,4-5,8,10H2,(H2,20,21,23). The third-order valence-electron chi connectivity index (χ3n) is 4.05. The van der Waals surface area contributed by atoms with Gasteiger partial charge in [-0.05, 0) is 31.4 Å². The molecule has 2 amide bonds. The molecule has 1 saturated carbocycles. The summed E-state index contributed by atoms with van der Waals surface area (Å²) in [5.74, 6) is 0.373. The average Bonchev–Trinajstić information content (AvgIpc) is 3.24. The summed E-state index contributed by atoms with van der Waals surface area (Å²) in [6.07, 6.45) is 10.2. The van der Waals surface area contributed by atoms with Crippen molar-refractivity contribution in [3.05, 3.63) is 42.1 Å². The number of amides is 2. The number of pyridine rings is 1. The summed E-state index contributed by atoms with van der Waals surface area (Å²) in [5.41, 5.74) is 0. The molecule has 2 unspecified atom stereocenters. The van der Waals surface area contributed by atoms with E-state index in [1.54, 1.807) is 30.9 Å². The number of carbonyl (C=O) groups is 1. The van der Waals surface area contributed by atoms with E-state index in [2.05, 4.69) is 25.2 Å². The van der Waals surface area contributed by atoms with Gasteiger partial charge in [-0.3, -0.25) is 0 Å². The van der Waals surface area contributed by atoms with Crippen molar-refractivity contribution in [2.24, 2.45) is 0 Å². The number of aromatic nitrogens is 3. The van der Waals surface area contributed by atoms with Crippen LogP contribution in [0.5, 0.6) is 5.88 Å². The van der Waals surface area contributed by atoms with Gasteiger partial charge in [-0.2, -0.15) is 0 Å². The van der Waals surface area contributed by atoms with Gasteiger partial charge in [0.25, 0.3) is 0 Å². The van der Waals surface area contributed by atoms with Crippen LogP contribution in [0.3, 0.4) is 0 Å². The minimum absolute atomic E-state index is 0.116. The molecule has 24 heavy (non-hydrogen) atoms. The molecule has 0 bridgehead atoms. The summed E-state index contributed by atoms with van der Waals surface area (Å²) in [6, 6.07) is 3.63. The Bertz CT molecular complexity index is 664. The molecule has 2 atom stereocenters. The molecule has 3 rings (SSSR count). The van der Waals surface area contributed by atoms with Gasteiger partial charge in [0.1, 0.15) is 11.6 Å². The molecule has 2 heterocycles. The van der Waals surface area contributed by atoms with Crippen LogP contribution in [0.1, 0.15) is 25.3 Å². The van der Waals surface area contributed by atoms with Crippen LogP contribution >= 0.6 is 11.6 Å². The summed E-state index contributed by atoms with van der Waals surface area (Å²) < 4.78 is 7.50. The van der Waals surface area contributed by atoms with Crippen molar-refractivity contribution in [1.82, 2.24) is 25.2 Å². The molecule has 1 fully saturated rings. The van der Waals surface area contributed by atoms with Crippen LogP contribution in [0.2, 0.25) is 5.02 Å². The number of ether oxygens (including phenoxy) is 1. The van der Waals surface area contributed by atoms with Gasteiger partial charge in [-0.15, -0.1) is 0 Å². The Balaban J connectivity index is 1.40. The summed E-state index contributed by atoms with van der Waals surface area (Å²) in [6.45, 7) is 0.682. The minimum Gasteiger partial charge on any atom is -0.475 e. The van der Waals surface area contributed by atoms with Crippen molar-refractivity contribution in [2.75, 3.05) is 13.2 Å². The number of hydrogen-bond acceptors (Lipinski definition) is 4. The molecule has 0 aliphatic heterocycles. The summed E-state index contributed by atoms with van der Waals surface area (Å²) in [4.78, 5) is 20.2. The van der Waals surface area contributed by atoms with E-state index in [0.717, 1.165) is 19.3 Å². The fourth-order valence-electron chi connectivity index (χ4n) is 2.94. The Morgan fingerprint density at radius 3 is 3.12 bits per heavy atom. The molecule has 2 N–H and O–H groups in total. The van der Waals surface area contributed by atoms with Gasteiger partial charge in [0.05, 0.1) is 25.0 Å². The highest BCUT2D eigenvalue weighted by Gasteiger charge is 2.29. The van der Waals surface area contributed by atoms with E-state index < -0.39 is 0 Å². The topological polar surface area (TPSA) is 81.1 Å². The largest absolute Gasteiger partial charge is 0.475 e. The third kappa shape index (κ3) is 4.17. The SMILES string of the molecule is O=C(NCCOc1ncccc1Cl)NC1CCCC1n1ccnc1. The maximum absolute atomic E-state index is 12.0. The van der Waals surface area contributed by atoms with Crippen molar-refractivity contribution >= 4 is 17.6 Å². The molecule has 2 aromatic heterocycles. The molecular formula is C16H20ClN5O2. The second-order valence-corrected chi connectivity index (χ2v) is 6.06. The van der Waals surface area contributed by atoms with E-state index >= 15 is 0 Å². The molecule has 128 valence electrons. The molecule has 1 aliphatic rings. The van der Waals surface area contributed by atoms with Crippen LogP contribution in [0.15, 0.2) is 37.1 Å². The minimum atomic E-state index is -0.192. The zero-order valence-electron chi connectivity index (χ0n) is 13.2. The van der Waals surface area contributed by atoms with Crippen molar-refractivity contribution in [3.63, 3.8) is 0 Å². The highest BCUT2D eigenvalue weighted by atomic mass is 35.5. The molecule has 0 radical (unpaired) electrons. The molecule has 0 aromatic carbocycles.